The normalized spacial score (nSPS) is 24.8. The smallest absolute Gasteiger partial charge is 0.211 e. The number of rotatable bonds is 6. The van der Waals surface area contributed by atoms with Gasteiger partial charge in [0.25, 0.3) is 0 Å². The first-order valence-electron chi connectivity index (χ1n) is 6.65. The fraction of sp³-hybridized carbons (Fsp3) is 1.00. The maximum atomic E-state index is 11.6. The van der Waals surface area contributed by atoms with Crippen LogP contribution in [0, 0.1) is 5.92 Å². The Morgan fingerprint density at radius 1 is 1.47 bits per heavy atom. The maximum Gasteiger partial charge on any atom is 0.211 e. The molecule has 1 rings (SSSR count). The summed E-state index contributed by atoms with van der Waals surface area (Å²) < 4.78 is 26.0. The molecule has 0 radical (unpaired) electrons. The van der Waals surface area contributed by atoms with Gasteiger partial charge in [0.05, 0.1) is 5.75 Å². The maximum absolute atomic E-state index is 11.6. The fourth-order valence-corrected chi connectivity index (χ4v) is 3.85. The van der Waals surface area contributed by atoms with Crippen molar-refractivity contribution in [2.75, 3.05) is 25.4 Å². The minimum Gasteiger partial charge on any atom is -0.301 e. The second-order valence-electron chi connectivity index (χ2n) is 5.34. The fourth-order valence-electron chi connectivity index (χ4n) is 2.51. The van der Waals surface area contributed by atoms with Gasteiger partial charge in [-0.2, -0.15) is 0 Å². The van der Waals surface area contributed by atoms with Crippen molar-refractivity contribution in [1.29, 1.82) is 0 Å². The molecule has 0 amide bonds. The van der Waals surface area contributed by atoms with Crippen molar-refractivity contribution in [2.24, 2.45) is 5.92 Å². The zero-order chi connectivity index (χ0) is 12.9. The van der Waals surface area contributed by atoms with Crippen molar-refractivity contribution in [1.82, 2.24) is 9.62 Å². The van der Waals surface area contributed by atoms with Gasteiger partial charge in [0.15, 0.2) is 0 Å². The summed E-state index contributed by atoms with van der Waals surface area (Å²) in [6.07, 6.45) is 3.20. The summed E-state index contributed by atoms with van der Waals surface area (Å²) in [7, 11) is -3.07. The van der Waals surface area contributed by atoms with Gasteiger partial charge in [0, 0.05) is 19.1 Å². The van der Waals surface area contributed by atoms with E-state index in [9.17, 15) is 8.42 Å². The SMILES string of the molecule is CCCS(=O)(=O)N[C@H](C)CN1CCC[C@H](C)C1. The van der Waals surface area contributed by atoms with Crippen molar-refractivity contribution in [3.05, 3.63) is 0 Å². The molecule has 1 aliphatic rings. The Kier molecular flexibility index (Phi) is 5.89. The van der Waals surface area contributed by atoms with Crippen LogP contribution >= 0.6 is 0 Å². The van der Waals surface area contributed by atoms with Crippen LogP contribution in [0.15, 0.2) is 0 Å². The Bertz CT molecular complexity index is 316. The molecule has 17 heavy (non-hydrogen) atoms. The number of hydrogen-bond acceptors (Lipinski definition) is 3. The average molecular weight is 262 g/mol. The average Bonchev–Trinajstić information content (AvgIpc) is 2.15. The van der Waals surface area contributed by atoms with Crippen molar-refractivity contribution in [3.8, 4) is 0 Å². The number of likely N-dealkylation sites (tertiary alicyclic amines) is 1. The minimum atomic E-state index is -3.07. The van der Waals surface area contributed by atoms with E-state index in [1.165, 1.54) is 12.8 Å². The zero-order valence-electron chi connectivity index (χ0n) is 11.3. The van der Waals surface area contributed by atoms with Crippen LogP contribution in [0.2, 0.25) is 0 Å². The van der Waals surface area contributed by atoms with E-state index in [-0.39, 0.29) is 11.8 Å². The quantitative estimate of drug-likeness (QED) is 0.788. The van der Waals surface area contributed by atoms with Crippen LogP contribution in [0.4, 0.5) is 0 Å². The molecule has 1 N–H and O–H groups in total. The number of hydrogen-bond donors (Lipinski definition) is 1. The second kappa shape index (κ2) is 6.71. The Labute approximate surface area is 106 Å². The van der Waals surface area contributed by atoms with Gasteiger partial charge in [0.1, 0.15) is 0 Å². The molecule has 1 heterocycles. The first-order valence-corrected chi connectivity index (χ1v) is 8.30. The predicted octanol–water partition coefficient (Wildman–Crippen LogP) is 1.44. The molecular formula is C12H26N2O2S. The lowest BCUT2D eigenvalue weighted by molar-refractivity contribution is 0.174. The number of nitrogens with zero attached hydrogens (tertiary/aromatic N) is 1. The van der Waals surface area contributed by atoms with Crippen LogP contribution in [0.25, 0.3) is 0 Å². The summed E-state index contributed by atoms with van der Waals surface area (Å²) in [5.41, 5.74) is 0. The van der Waals surface area contributed by atoms with Crippen molar-refractivity contribution >= 4 is 10.0 Å². The van der Waals surface area contributed by atoms with Gasteiger partial charge in [-0.3, -0.25) is 0 Å². The highest BCUT2D eigenvalue weighted by molar-refractivity contribution is 7.89. The first kappa shape index (κ1) is 14.9. The molecule has 0 aromatic carbocycles. The molecule has 0 bridgehead atoms. The van der Waals surface area contributed by atoms with Gasteiger partial charge in [-0.15, -0.1) is 0 Å². The molecule has 4 nitrogen and oxygen atoms in total. The van der Waals surface area contributed by atoms with E-state index >= 15 is 0 Å². The topological polar surface area (TPSA) is 49.4 Å². The second-order valence-corrected chi connectivity index (χ2v) is 7.22. The lowest BCUT2D eigenvalue weighted by Gasteiger charge is -2.32. The van der Waals surface area contributed by atoms with E-state index in [0.29, 0.717) is 6.42 Å². The van der Waals surface area contributed by atoms with Crippen molar-refractivity contribution in [3.63, 3.8) is 0 Å². The zero-order valence-corrected chi connectivity index (χ0v) is 12.1. The van der Waals surface area contributed by atoms with Gasteiger partial charge in [-0.25, -0.2) is 13.1 Å². The van der Waals surface area contributed by atoms with Crippen LogP contribution in [0.5, 0.6) is 0 Å². The van der Waals surface area contributed by atoms with E-state index in [0.717, 1.165) is 25.6 Å². The van der Waals surface area contributed by atoms with Crippen LogP contribution in [0.3, 0.4) is 0 Å². The molecule has 1 aliphatic heterocycles. The lowest BCUT2D eigenvalue weighted by Crippen LogP contribution is -2.45. The Morgan fingerprint density at radius 2 is 2.18 bits per heavy atom. The summed E-state index contributed by atoms with van der Waals surface area (Å²) in [5, 5.41) is 0. The Hall–Kier alpha value is -0.130. The van der Waals surface area contributed by atoms with Crippen LogP contribution in [-0.2, 0) is 10.0 Å². The summed E-state index contributed by atoms with van der Waals surface area (Å²) >= 11 is 0. The molecule has 5 heteroatoms. The van der Waals surface area contributed by atoms with Gasteiger partial charge >= 0.3 is 0 Å². The van der Waals surface area contributed by atoms with Crippen LogP contribution in [-0.4, -0.2) is 44.7 Å². The molecule has 0 aliphatic carbocycles. The van der Waals surface area contributed by atoms with Crippen molar-refractivity contribution < 1.29 is 8.42 Å². The molecule has 0 aromatic rings. The molecular weight excluding hydrogens is 236 g/mol. The highest BCUT2D eigenvalue weighted by Gasteiger charge is 2.20. The molecule has 1 fully saturated rings. The predicted molar refractivity (Wildman–Crippen MR) is 71.5 cm³/mol. The largest absolute Gasteiger partial charge is 0.301 e. The number of nitrogens with one attached hydrogen (secondary N) is 1. The lowest BCUT2D eigenvalue weighted by atomic mass is 10.00. The van der Waals surface area contributed by atoms with Gasteiger partial charge in [-0.1, -0.05) is 13.8 Å². The van der Waals surface area contributed by atoms with Crippen molar-refractivity contribution in [2.45, 2.75) is 46.1 Å². The van der Waals surface area contributed by atoms with Gasteiger partial charge < -0.3 is 4.90 Å². The molecule has 0 aromatic heterocycles. The van der Waals surface area contributed by atoms with E-state index in [1.54, 1.807) is 0 Å². The van der Waals surface area contributed by atoms with Gasteiger partial charge in [0.2, 0.25) is 10.0 Å². The van der Waals surface area contributed by atoms with E-state index < -0.39 is 10.0 Å². The summed E-state index contributed by atoms with van der Waals surface area (Å²) in [5.74, 6) is 0.969. The third-order valence-corrected chi connectivity index (χ3v) is 4.83. The first-order chi connectivity index (χ1) is 7.93. The molecule has 0 spiro atoms. The Morgan fingerprint density at radius 3 is 2.76 bits per heavy atom. The molecule has 2 atom stereocenters. The van der Waals surface area contributed by atoms with Crippen LogP contribution in [0.1, 0.15) is 40.0 Å². The molecule has 0 unspecified atom stereocenters. The van der Waals surface area contributed by atoms with Crippen LogP contribution < -0.4 is 4.72 Å². The van der Waals surface area contributed by atoms with E-state index in [1.807, 2.05) is 13.8 Å². The van der Waals surface area contributed by atoms with Gasteiger partial charge in [-0.05, 0) is 38.6 Å². The third kappa shape index (κ3) is 5.84. The summed E-state index contributed by atoms with van der Waals surface area (Å²) in [6.45, 7) is 9.12. The Balaban J connectivity index is 2.36. The molecule has 0 saturated carbocycles. The van der Waals surface area contributed by atoms with E-state index in [2.05, 4.69) is 16.5 Å². The summed E-state index contributed by atoms with van der Waals surface area (Å²) in [4.78, 5) is 2.37. The molecule has 102 valence electrons. The highest BCUT2D eigenvalue weighted by Crippen LogP contribution is 2.15. The molecule has 1 saturated heterocycles. The highest BCUT2D eigenvalue weighted by atomic mass is 32.2. The standard InChI is InChI=1S/C12H26N2O2S/c1-4-8-17(15,16)13-12(3)10-14-7-5-6-11(2)9-14/h11-13H,4-10H2,1-3H3/t11-,12+/m0/s1. The summed E-state index contributed by atoms with van der Waals surface area (Å²) in [6, 6.07) is 0.0110. The third-order valence-electron chi connectivity index (χ3n) is 3.13. The monoisotopic (exact) mass is 262 g/mol. The minimum absolute atomic E-state index is 0.0110. The number of sulfonamides is 1. The van der Waals surface area contributed by atoms with E-state index in [4.69, 9.17) is 0 Å². The number of piperidine rings is 1.